The molecule has 1 amide bonds. The maximum absolute atomic E-state index is 12.3. The van der Waals surface area contributed by atoms with Gasteiger partial charge in [-0.25, -0.2) is 0 Å². The summed E-state index contributed by atoms with van der Waals surface area (Å²) in [5.74, 6) is -0.419. The summed E-state index contributed by atoms with van der Waals surface area (Å²) in [7, 11) is 3.73. The maximum Gasteiger partial charge on any atom is 0.306 e. The van der Waals surface area contributed by atoms with Crippen molar-refractivity contribution in [2.24, 2.45) is 7.05 Å². The number of aromatic nitrogens is 1. The van der Waals surface area contributed by atoms with Crippen LogP contribution in [0.4, 0.5) is 0 Å². The topological polar surface area (TPSA) is 51.5 Å². The Balaban J connectivity index is 1.77. The molecule has 5 nitrogen and oxygen atoms in total. The average Bonchev–Trinajstić information content (AvgIpc) is 3.04. The molecule has 1 aliphatic heterocycles. The zero-order valence-electron chi connectivity index (χ0n) is 12.2. The summed E-state index contributed by atoms with van der Waals surface area (Å²) in [6.45, 7) is 0.498. The van der Waals surface area contributed by atoms with Crippen molar-refractivity contribution < 1.29 is 14.3 Å². The van der Waals surface area contributed by atoms with Crippen LogP contribution in [-0.4, -0.2) is 34.5 Å². The number of esters is 1. The molecular weight excluding hydrogens is 268 g/mol. The van der Waals surface area contributed by atoms with Crippen LogP contribution in [0.5, 0.6) is 0 Å². The predicted octanol–water partition coefficient (Wildman–Crippen LogP) is 1.84. The minimum Gasteiger partial charge on any atom is -0.452 e. The molecule has 0 saturated carbocycles. The number of cyclic esters (lactones) is 1. The molecule has 1 saturated heterocycles. The highest BCUT2D eigenvalue weighted by atomic mass is 16.6. The van der Waals surface area contributed by atoms with Crippen LogP contribution in [0.2, 0.25) is 0 Å². The van der Waals surface area contributed by atoms with E-state index in [1.165, 1.54) is 0 Å². The summed E-state index contributed by atoms with van der Waals surface area (Å²) < 4.78 is 7.12. The van der Waals surface area contributed by atoms with Gasteiger partial charge in [-0.2, -0.15) is 0 Å². The quantitative estimate of drug-likeness (QED) is 0.809. The van der Waals surface area contributed by atoms with Gasteiger partial charge in [0.15, 0.2) is 6.10 Å². The van der Waals surface area contributed by atoms with Crippen LogP contribution >= 0.6 is 0 Å². The van der Waals surface area contributed by atoms with E-state index >= 15 is 0 Å². The lowest BCUT2D eigenvalue weighted by Gasteiger charge is -2.20. The van der Waals surface area contributed by atoms with Crippen molar-refractivity contribution in [2.75, 3.05) is 7.05 Å². The van der Waals surface area contributed by atoms with Crippen molar-refractivity contribution in [3.8, 4) is 0 Å². The van der Waals surface area contributed by atoms with E-state index < -0.39 is 6.10 Å². The summed E-state index contributed by atoms with van der Waals surface area (Å²) in [6, 6.07) is 10.2. The van der Waals surface area contributed by atoms with Gasteiger partial charge in [0, 0.05) is 38.1 Å². The lowest BCUT2D eigenvalue weighted by atomic mass is 10.2. The van der Waals surface area contributed by atoms with E-state index in [0.717, 1.165) is 16.6 Å². The van der Waals surface area contributed by atoms with E-state index in [4.69, 9.17) is 4.74 Å². The highest BCUT2D eigenvalue weighted by Gasteiger charge is 2.32. The van der Waals surface area contributed by atoms with Crippen molar-refractivity contribution in [2.45, 2.75) is 25.5 Å². The summed E-state index contributed by atoms with van der Waals surface area (Å²) in [5, 5.41) is 1.16. The van der Waals surface area contributed by atoms with Crippen molar-refractivity contribution in [3.63, 3.8) is 0 Å². The van der Waals surface area contributed by atoms with Crippen LogP contribution in [0, 0.1) is 0 Å². The number of fused-ring (bicyclic) bond motifs is 1. The van der Waals surface area contributed by atoms with Crippen LogP contribution in [0.25, 0.3) is 10.9 Å². The first kappa shape index (κ1) is 13.7. The minimum absolute atomic E-state index is 0.133. The Morgan fingerprint density at radius 1 is 1.43 bits per heavy atom. The van der Waals surface area contributed by atoms with E-state index in [0.29, 0.717) is 19.4 Å². The molecule has 2 aromatic rings. The maximum atomic E-state index is 12.3. The van der Waals surface area contributed by atoms with Crippen LogP contribution in [0.15, 0.2) is 30.3 Å². The van der Waals surface area contributed by atoms with E-state index in [1.54, 1.807) is 11.9 Å². The Bertz CT molecular complexity index is 705. The first-order chi connectivity index (χ1) is 10.1. The SMILES string of the molecule is CN(Cc1cc2ccccc2n1C)C(=O)[C@H]1CCC(=O)O1. The third kappa shape index (κ3) is 2.51. The van der Waals surface area contributed by atoms with Crippen LogP contribution in [-0.2, 0) is 27.9 Å². The molecule has 1 fully saturated rings. The first-order valence-electron chi connectivity index (χ1n) is 7.04. The predicted molar refractivity (Wildman–Crippen MR) is 78.5 cm³/mol. The molecule has 0 unspecified atom stereocenters. The van der Waals surface area contributed by atoms with Gasteiger partial charge in [-0.05, 0) is 17.5 Å². The lowest BCUT2D eigenvalue weighted by molar-refractivity contribution is -0.152. The summed E-state index contributed by atoms with van der Waals surface area (Å²) in [5.41, 5.74) is 2.19. The number of hydrogen-bond acceptors (Lipinski definition) is 3. The molecule has 3 rings (SSSR count). The number of nitrogens with zero attached hydrogens (tertiary/aromatic N) is 2. The monoisotopic (exact) mass is 286 g/mol. The fourth-order valence-corrected chi connectivity index (χ4v) is 2.76. The van der Waals surface area contributed by atoms with E-state index in [1.807, 2.05) is 19.2 Å². The highest BCUT2D eigenvalue weighted by Crippen LogP contribution is 2.21. The number of carbonyl (C=O) groups is 2. The number of benzene rings is 1. The van der Waals surface area contributed by atoms with Gasteiger partial charge in [0.05, 0.1) is 6.54 Å². The van der Waals surface area contributed by atoms with Crippen LogP contribution in [0.3, 0.4) is 0 Å². The van der Waals surface area contributed by atoms with Gasteiger partial charge in [0.1, 0.15) is 0 Å². The van der Waals surface area contributed by atoms with Gasteiger partial charge >= 0.3 is 5.97 Å². The van der Waals surface area contributed by atoms with Gasteiger partial charge in [0.25, 0.3) is 5.91 Å². The van der Waals surface area contributed by atoms with E-state index in [-0.39, 0.29) is 11.9 Å². The van der Waals surface area contributed by atoms with Crippen molar-refractivity contribution in [1.29, 1.82) is 0 Å². The summed E-state index contributed by atoms with van der Waals surface area (Å²) >= 11 is 0. The molecular formula is C16H18N2O3. The molecule has 0 aliphatic carbocycles. The fourth-order valence-electron chi connectivity index (χ4n) is 2.76. The molecule has 0 radical (unpaired) electrons. The number of aryl methyl sites for hydroxylation is 1. The van der Waals surface area contributed by atoms with E-state index in [2.05, 4.69) is 22.8 Å². The standard InChI is InChI=1S/C16H18N2O3/c1-17(16(20)14-7-8-15(19)21-14)10-12-9-11-5-3-4-6-13(11)18(12)2/h3-6,9,14H,7-8,10H2,1-2H3/t14-/m1/s1. The normalized spacial score (nSPS) is 18.0. The molecule has 1 aromatic heterocycles. The largest absolute Gasteiger partial charge is 0.452 e. The lowest BCUT2D eigenvalue weighted by Crippen LogP contribution is -2.36. The first-order valence-corrected chi connectivity index (χ1v) is 7.04. The Labute approximate surface area is 123 Å². The highest BCUT2D eigenvalue weighted by molar-refractivity contribution is 5.86. The summed E-state index contributed by atoms with van der Waals surface area (Å²) in [4.78, 5) is 25.0. The molecule has 1 aliphatic rings. The third-order valence-corrected chi connectivity index (χ3v) is 3.99. The number of likely N-dealkylation sites (N-methyl/N-ethyl adjacent to an activating group) is 1. The van der Waals surface area contributed by atoms with Crippen molar-refractivity contribution >= 4 is 22.8 Å². The number of carbonyl (C=O) groups excluding carboxylic acids is 2. The molecule has 2 heterocycles. The second-order valence-corrected chi connectivity index (χ2v) is 5.46. The molecule has 1 atom stereocenters. The summed E-state index contributed by atoms with van der Waals surface area (Å²) in [6.07, 6.45) is 0.201. The Kier molecular flexibility index (Phi) is 3.41. The fraction of sp³-hybridized carbons (Fsp3) is 0.375. The second-order valence-electron chi connectivity index (χ2n) is 5.46. The molecule has 110 valence electrons. The van der Waals surface area contributed by atoms with Crippen LogP contribution in [0.1, 0.15) is 18.5 Å². The molecule has 0 N–H and O–H groups in total. The molecule has 0 bridgehead atoms. The number of rotatable bonds is 3. The van der Waals surface area contributed by atoms with Crippen molar-refractivity contribution in [1.82, 2.24) is 9.47 Å². The molecule has 5 heteroatoms. The number of amides is 1. The minimum atomic E-state index is -0.614. The number of hydrogen-bond donors (Lipinski definition) is 0. The Morgan fingerprint density at radius 2 is 2.19 bits per heavy atom. The number of para-hydroxylation sites is 1. The third-order valence-electron chi connectivity index (χ3n) is 3.99. The molecule has 0 spiro atoms. The Hall–Kier alpha value is -2.30. The Morgan fingerprint density at radius 3 is 2.86 bits per heavy atom. The van der Waals surface area contributed by atoms with Gasteiger partial charge in [-0.3, -0.25) is 9.59 Å². The van der Waals surface area contributed by atoms with Gasteiger partial charge in [0.2, 0.25) is 0 Å². The van der Waals surface area contributed by atoms with Crippen LogP contribution < -0.4 is 0 Å². The molecule has 1 aromatic carbocycles. The zero-order valence-corrected chi connectivity index (χ0v) is 12.2. The van der Waals surface area contributed by atoms with Crippen molar-refractivity contribution in [3.05, 3.63) is 36.0 Å². The number of ether oxygens (including phenoxy) is 1. The molecule has 21 heavy (non-hydrogen) atoms. The average molecular weight is 286 g/mol. The van der Waals surface area contributed by atoms with E-state index in [9.17, 15) is 9.59 Å². The van der Waals surface area contributed by atoms with Gasteiger partial charge in [-0.15, -0.1) is 0 Å². The second kappa shape index (κ2) is 5.24. The smallest absolute Gasteiger partial charge is 0.306 e. The zero-order chi connectivity index (χ0) is 15.0. The van der Waals surface area contributed by atoms with Gasteiger partial charge < -0.3 is 14.2 Å². The van der Waals surface area contributed by atoms with Gasteiger partial charge in [-0.1, -0.05) is 18.2 Å².